The number of hydrogen-bond acceptors (Lipinski definition) is 6. The number of carbonyl (C=O) groups is 1. The molecule has 1 amide bonds. The lowest BCUT2D eigenvalue weighted by Crippen LogP contribution is -2.27. The number of phenols is 1. The van der Waals surface area contributed by atoms with Gasteiger partial charge in [-0.05, 0) is 41.5 Å². The number of ether oxygens (including phenoxy) is 2. The standard InChI is InChI=1S/C18H13NO4S2/c20-13-4-1-11(2-5-13)8-16-17(21)19(18(24)25-16)9-12-3-6-14-15(7-12)23-10-22-14/h1-8,20H,9-10H2/b16-8-. The van der Waals surface area contributed by atoms with Crippen LogP contribution in [0, 0.1) is 0 Å². The minimum atomic E-state index is -0.124. The summed E-state index contributed by atoms with van der Waals surface area (Å²) < 4.78 is 11.2. The third-order valence-electron chi connectivity index (χ3n) is 3.84. The molecule has 1 N–H and O–H groups in total. The van der Waals surface area contributed by atoms with Crippen molar-refractivity contribution in [2.24, 2.45) is 0 Å². The van der Waals surface area contributed by atoms with E-state index in [1.807, 2.05) is 18.2 Å². The smallest absolute Gasteiger partial charge is 0.266 e. The van der Waals surface area contributed by atoms with Gasteiger partial charge in [-0.2, -0.15) is 0 Å². The molecule has 1 fully saturated rings. The van der Waals surface area contributed by atoms with Crippen molar-refractivity contribution in [2.45, 2.75) is 6.54 Å². The fourth-order valence-corrected chi connectivity index (χ4v) is 3.84. The second-order valence-electron chi connectivity index (χ2n) is 5.55. The van der Waals surface area contributed by atoms with Crippen molar-refractivity contribution in [3.05, 3.63) is 58.5 Å². The number of aromatic hydroxyl groups is 1. The first-order chi connectivity index (χ1) is 12.1. The highest BCUT2D eigenvalue weighted by Gasteiger charge is 2.32. The van der Waals surface area contributed by atoms with Crippen LogP contribution in [0.25, 0.3) is 6.08 Å². The van der Waals surface area contributed by atoms with Crippen LogP contribution in [0.2, 0.25) is 0 Å². The summed E-state index contributed by atoms with van der Waals surface area (Å²) in [6.45, 7) is 0.601. The summed E-state index contributed by atoms with van der Waals surface area (Å²) in [6, 6.07) is 12.3. The summed E-state index contributed by atoms with van der Waals surface area (Å²) in [7, 11) is 0. The van der Waals surface area contributed by atoms with E-state index < -0.39 is 0 Å². The Morgan fingerprint density at radius 3 is 2.72 bits per heavy atom. The van der Waals surface area contributed by atoms with E-state index >= 15 is 0 Å². The molecule has 2 aromatic rings. The number of amides is 1. The van der Waals surface area contributed by atoms with E-state index in [1.165, 1.54) is 11.8 Å². The zero-order chi connectivity index (χ0) is 17.4. The molecule has 1 saturated heterocycles. The van der Waals surface area contributed by atoms with Crippen LogP contribution in [-0.2, 0) is 11.3 Å². The fraction of sp³-hybridized carbons (Fsp3) is 0.111. The zero-order valence-corrected chi connectivity index (χ0v) is 14.6. The van der Waals surface area contributed by atoms with Crippen molar-refractivity contribution >= 4 is 40.3 Å². The van der Waals surface area contributed by atoms with Crippen LogP contribution < -0.4 is 9.47 Å². The molecule has 5 nitrogen and oxygen atoms in total. The predicted molar refractivity (Wildman–Crippen MR) is 99.4 cm³/mol. The van der Waals surface area contributed by atoms with Crippen LogP contribution >= 0.6 is 24.0 Å². The van der Waals surface area contributed by atoms with Gasteiger partial charge in [0.2, 0.25) is 6.79 Å². The fourth-order valence-electron chi connectivity index (χ4n) is 2.58. The van der Waals surface area contributed by atoms with Crippen LogP contribution in [0.5, 0.6) is 17.2 Å². The number of phenolic OH excluding ortho intramolecular Hbond substituents is 1. The first kappa shape index (κ1) is 16.0. The number of rotatable bonds is 3. The molecule has 2 heterocycles. The molecule has 4 rings (SSSR count). The summed E-state index contributed by atoms with van der Waals surface area (Å²) in [5.41, 5.74) is 1.76. The topological polar surface area (TPSA) is 59.0 Å². The molecular formula is C18H13NO4S2. The van der Waals surface area contributed by atoms with Crippen LogP contribution in [0.1, 0.15) is 11.1 Å². The molecule has 25 heavy (non-hydrogen) atoms. The first-order valence-electron chi connectivity index (χ1n) is 7.53. The normalized spacial score (nSPS) is 17.6. The van der Waals surface area contributed by atoms with Gasteiger partial charge in [-0.3, -0.25) is 9.69 Å². The number of hydrogen-bond donors (Lipinski definition) is 1. The molecule has 0 spiro atoms. The molecule has 0 saturated carbocycles. The number of carbonyl (C=O) groups excluding carboxylic acids is 1. The Bertz CT molecular complexity index is 892. The van der Waals surface area contributed by atoms with Crippen LogP contribution in [0.3, 0.4) is 0 Å². The Hall–Kier alpha value is -2.51. The molecule has 0 radical (unpaired) electrons. The maximum Gasteiger partial charge on any atom is 0.266 e. The minimum Gasteiger partial charge on any atom is -0.508 e. The van der Waals surface area contributed by atoms with Gasteiger partial charge in [0.25, 0.3) is 5.91 Å². The molecule has 0 aliphatic carbocycles. The lowest BCUT2D eigenvalue weighted by molar-refractivity contribution is -0.122. The van der Waals surface area contributed by atoms with E-state index in [9.17, 15) is 9.90 Å². The molecule has 7 heteroatoms. The first-order valence-corrected chi connectivity index (χ1v) is 8.75. The summed E-state index contributed by atoms with van der Waals surface area (Å²) in [6.07, 6.45) is 1.78. The van der Waals surface area contributed by atoms with Gasteiger partial charge in [-0.15, -0.1) is 0 Å². The molecule has 0 atom stereocenters. The number of benzene rings is 2. The van der Waals surface area contributed by atoms with Gasteiger partial charge in [-0.1, -0.05) is 42.2 Å². The monoisotopic (exact) mass is 371 g/mol. The van der Waals surface area contributed by atoms with Gasteiger partial charge < -0.3 is 14.6 Å². The van der Waals surface area contributed by atoms with Crippen molar-refractivity contribution in [3.63, 3.8) is 0 Å². The van der Waals surface area contributed by atoms with E-state index in [2.05, 4.69) is 0 Å². The molecule has 2 aliphatic heterocycles. The highest BCUT2D eigenvalue weighted by molar-refractivity contribution is 8.26. The van der Waals surface area contributed by atoms with Gasteiger partial charge in [0.15, 0.2) is 11.5 Å². The Morgan fingerprint density at radius 2 is 1.92 bits per heavy atom. The number of thioether (sulfide) groups is 1. The number of fused-ring (bicyclic) bond motifs is 1. The molecule has 0 unspecified atom stereocenters. The average molecular weight is 371 g/mol. The number of thiocarbonyl (C=S) groups is 1. The molecular weight excluding hydrogens is 358 g/mol. The maximum atomic E-state index is 12.7. The zero-order valence-electron chi connectivity index (χ0n) is 13.0. The quantitative estimate of drug-likeness (QED) is 0.658. The van der Waals surface area contributed by atoms with Crippen LogP contribution in [0.15, 0.2) is 47.4 Å². The van der Waals surface area contributed by atoms with Gasteiger partial charge >= 0.3 is 0 Å². The molecule has 126 valence electrons. The highest BCUT2D eigenvalue weighted by atomic mass is 32.2. The van der Waals surface area contributed by atoms with Crippen molar-refractivity contribution < 1.29 is 19.4 Å². The van der Waals surface area contributed by atoms with E-state index in [0.717, 1.165) is 11.1 Å². The van der Waals surface area contributed by atoms with Crippen molar-refractivity contribution in [1.29, 1.82) is 0 Å². The average Bonchev–Trinajstić information content (AvgIpc) is 3.17. The lowest BCUT2D eigenvalue weighted by atomic mass is 10.2. The molecule has 2 aromatic carbocycles. The van der Waals surface area contributed by atoms with E-state index in [-0.39, 0.29) is 18.4 Å². The maximum absolute atomic E-state index is 12.7. The summed E-state index contributed by atoms with van der Waals surface area (Å²) in [5.74, 6) is 1.46. The SMILES string of the molecule is O=C1/C(=C/c2ccc(O)cc2)SC(=S)N1Cc1ccc2c(c1)OCO2. The van der Waals surface area contributed by atoms with Crippen molar-refractivity contribution in [2.75, 3.05) is 6.79 Å². The Morgan fingerprint density at radius 1 is 1.16 bits per heavy atom. The summed E-state index contributed by atoms with van der Waals surface area (Å²) in [4.78, 5) is 14.8. The van der Waals surface area contributed by atoms with Crippen molar-refractivity contribution in [1.82, 2.24) is 4.90 Å². The van der Waals surface area contributed by atoms with Crippen LogP contribution in [-0.4, -0.2) is 27.0 Å². The Labute approximate surface area is 153 Å². The molecule has 0 aromatic heterocycles. The second kappa shape index (κ2) is 6.42. The van der Waals surface area contributed by atoms with Crippen molar-refractivity contribution in [3.8, 4) is 17.2 Å². The largest absolute Gasteiger partial charge is 0.508 e. The lowest BCUT2D eigenvalue weighted by Gasteiger charge is -2.14. The van der Waals surface area contributed by atoms with Gasteiger partial charge in [0.05, 0.1) is 11.4 Å². The Balaban J connectivity index is 1.54. The predicted octanol–water partition coefficient (Wildman–Crippen LogP) is 3.52. The van der Waals surface area contributed by atoms with E-state index in [1.54, 1.807) is 35.2 Å². The van der Waals surface area contributed by atoms with Gasteiger partial charge in [0.1, 0.15) is 10.1 Å². The third kappa shape index (κ3) is 3.20. The minimum absolute atomic E-state index is 0.124. The van der Waals surface area contributed by atoms with E-state index in [0.29, 0.717) is 27.3 Å². The van der Waals surface area contributed by atoms with Crippen LogP contribution in [0.4, 0.5) is 0 Å². The summed E-state index contributed by atoms with van der Waals surface area (Å²) >= 11 is 6.64. The van der Waals surface area contributed by atoms with E-state index in [4.69, 9.17) is 21.7 Å². The third-order valence-corrected chi connectivity index (χ3v) is 5.22. The molecule has 2 aliphatic rings. The Kier molecular flexibility index (Phi) is 4.10. The highest BCUT2D eigenvalue weighted by Crippen LogP contribution is 2.36. The van der Waals surface area contributed by atoms with Gasteiger partial charge in [0, 0.05) is 0 Å². The summed E-state index contributed by atoms with van der Waals surface area (Å²) in [5, 5.41) is 9.34. The molecule has 0 bridgehead atoms. The second-order valence-corrected chi connectivity index (χ2v) is 7.22. The number of nitrogens with zero attached hydrogens (tertiary/aromatic N) is 1. The van der Waals surface area contributed by atoms with Gasteiger partial charge in [-0.25, -0.2) is 0 Å².